The summed E-state index contributed by atoms with van der Waals surface area (Å²) in [5, 5.41) is 3.14. The van der Waals surface area contributed by atoms with Crippen molar-refractivity contribution >= 4 is 11.7 Å². The van der Waals surface area contributed by atoms with Crippen LogP contribution in [-0.2, 0) is 4.79 Å². The maximum Gasteiger partial charge on any atom is 0.282 e. The molecule has 0 saturated heterocycles. The molecule has 3 aromatic rings. The molecular weight excluding hydrogens is 450 g/mol. The lowest BCUT2D eigenvalue weighted by Gasteiger charge is -2.26. The molecule has 36 heavy (non-hydrogen) atoms. The first-order valence-corrected chi connectivity index (χ1v) is 13.2. The lowest BCUT2D eigenvalue weighted by molar-refractivity contribution is -0.132. The summed E-state index contributed by atoms with van der Waals surface area (Å²) in [6, 6.07) is 18.4. The Hall–Kier alpha value is -3.41. The number of aromatic amines is 1. The van der Waals surface area contributed by atoms with Crippen molar-refractivity contribution in [3.63, 3.8) is 0 Å². The summed E-state index contributed by atoms with van der Waals surface area (Å²) in [5.74, 6) is -0.390. The van der Waals surface area contributed by atoms with Crippen LogP contribution in [0.25, 0.3) is 16.9 Å². The van der Waals surface area contributed by atoms with Gasteiger partial charge in [0.05, 0.1) is 17.9 Å². The highest BCUT2D eigenvalue weighted by molar-refractivity contribution is 6.03. The smallest absolute Gasteiger partial charge is 0.282 e. The van der Waals surface area contributed by atoms with Crippen molar-refractivity contribution < 1.29 is 9.59 Å². The van der Waals surface area contributed by atoms with Gasteiger partial charge in [0.2, 0.25) is 5.91 Å². The number of carbonyl (C=O) groups excluding carboxylic acids is 2. The monoisotopic (exact) mass is 489 g/mol. The van der Waals surface area contributed by atoms with E-state index >= 15 is 0 Å². The maximum atomic E-state index is 13.6. The van der Waals surface area contributed by atoms with Gasteiger partial charge in [0.1, 0.15) is 5.56 Å². The molecule has 0 spiro atoms. The molecule has 0 aliphatic heterocycles. The van der Waals surface area contributed by atoms with Crippen LogP contribution in [0.5, 0.6) is 0 Å². The Balaban J connectivity index is 1.79. The van der Waals surface area contributed by atoms with E-state index in [0.29, 0.717) is 17.8 Å². The van der Waals surface area contributed by atoms with Gasteiger partial charge in [0.25, 0.3) is 5.56 Å². The van der Waals surface area contributed by atoms with Crippen LogP contribution < -0.4 is 5.56 Å². The number of rotatable bonds is 14. The highest BCUT2D eigenvalue weighted by Crippen LogP contribution is 2.22. The summed E-state index contributed by atoms with van der Waals surface area (Å²) in [6.45, 7) is 5.91. The average molecular weight is 490 g/mol. The third kappa shape index (κ3) is 7.06. The SMILES string of the molecule is CCCCCCCCCC(=O)N(CC(=O)c1c(-c2ccccc2)[nH]n(-c2ccccc2)c1=O)C(C)C. The molecule has 0 atom stereocenters. The Labute approximate surface area is 214 Å². The number of unbranched alkanes of at least 4 members (excludes halogenated alkanes) is 6. The Morgan fingerprint density at radius 2 is 1.44 bits per heavy atom. The van der Waals surface area contributed by atoms with Gasteiger partial charge < -0.3 is 4.90 Å². The molecule has 0 unspecified atom stereocenters. The number of amides is 1. The quantitative estimate of drug-likeness (QED) is 0.210. The molecule has 3 rings (SSSR count). The fourth-order valence-corrected chi connectivity index (χ4v) is 4.44. The number of nitrogens with one attached hydrogen (secondary N) is 1. The molecule has 0 radical (unpaired) electrons. The molecule has 0 aliphatic carbocycles. The van der Waals surface area contributed by atoms with Crippen molar-refractivity contribution in [3.05, 3.63) is 76.6 Å². The number of hydrogen-bond acceptors (Lipinski definition) is 3. The molecule has 6 nitrogen and oxygen atoms in total. The minimum atomic E-state index is -0.409. The third-order valence-corrected chi connectivity index (χ3v) is 6.50. The number of nitrogens with zero attached hydrogens (tertiary/aromatic N) is 2. The highest BCUT2D eigenvalue weighted by Gasteiger charge is 2.27. The fraction of sp³-hybridized carbons (Fsp3) is 0.433. The summed E-state index contributed by atoms with van der Waals surface area (Å²) in [6.07, 6.45) is 8.34. The largest absolute Gasteiger partial charge is 0.333 e. The summed E-state index contributed by atoms with van der Waals surface area (Å²) < 4.78 is 1.40. The Bertz CT molecular complexity index is 1160. The molecule has 1 amide bonds. The molecule has 0 fully saturated rings. The van der Waals surface area contributed by atoms with Crippen LogP contribution >= 0.6 is 0 Å². The summed E-state index contributed by atoms with van der Waals surface area (Å²) in [5.41, 5.74) is 1.54. The van der Waals surface area contributed by atoms with E-state index in [2.05, 4.69) is 12.0 Å². The number of benzene rings is 2. The third-order valence-electron chi connectivity index (χ3n) is 6.50. The van der Waals surface area contributed by atoms with Crippen LogP contribution in [0.2, 0.25) is 0 Å². The van der Waals surface area contributed by atoms with Gasteiger partial charge in [-0.2, -0.15) is 0 Å². The molecule has 2 aromatic carbocycles. The first-order valence-electron chi connectivity index (χ1n) is 13.2. The van der Waals surface area contributed by atoms with Crippen LogP contribution in [0.1, 0.15) is 82.5 Å². The number of hydrogen-bond donors (Lipinski definition) is 1. The standard InChI is InChI=1S/C30H39N3O3/c1-4-5-6-7-8-9-16-21-27(35)32(23(2)3)22-26(34)28-29(24-17-12-10-13-18-24)31-33(30(28)36)25-19-14-11-15-20-25/h10-15,17-20,23,31H,4-9,16,21-22H2,1-3H3. The van der Waals surface area contributed by atoms with E-state index in [9.17, 15) is 14.4 Å². The number of Topliss-reactive ketones (excluding diaryl/α,β-unsaturated/α-hetero) is 1. The van der Waals surface area contributed by atoms with Gasteiger partial charge in [-0.1, -0.05) is 94.0 Å². The van der Waals surface area contributed by atoms with Gasteiger partial charge in [-0.15, -0.1) is 0 Å². The van der Waals surface area contributed by atoms with E-state index in [1.807, 2.05) is 74.5 Å². The lowest BCUT2D eigenvalue weighted by Crippen LogP contribution is -2.41. The molecule has 1 aromatic heterocycles. The molecule has 1 heterocycles. The zero-order valence-electron chi connectivity index (χ0n) is 21.8. The van der Waals surface area contributed by atoms with Gasteiger partial charge in [-0.3, -0.25) is 19.5 Å². The minimum absolute atomic E-state index is 0.0351. The predicted octanol–water partition coefficient (Wildman–Crippen LogP) is 6.39. The molecule has 192 valence electrons. The number of H-pyrrole nitrogens is 1. The molecule has 0 aliphatic rings. The van der Waals surface area contributed by atoms with Gasteiger partial charge in [-0.25, -0.2) is 4.68 Å². The molecule has 0 saturated carbocycles. The van der Waals surface area contributed by atoms with Crippen molar-refractivity contribution in [1.82, 2.24) is 14.7 Å². The number of aromatic nitrogens is 2. The molecule has 1 N–H and O–H groups in total. The first kappa shape index (κ1) is 27.2. The Kier molecular flexibility index (Phi) is 10.3. The predicted molar refractivity (Wildman–Crippen MR) is 146 cm³/mol. The van der Waals surface area contributed by atoms with E-state index < -0.39 is 5.56 Å². The second-order valence-corrected chi connectivity index (χ2v) is 9.61. The molecule has 0 bridgehead atoms. The van der Waals surface area contributed by atoms with Crippen molar-refractivity contribution in [2.75, 3.05) is 6.54 Å². The van der Waals surface area contributed by atoms with Crippen molar-refractivity contribution in [1.29, 1.82) is 0 Å². The molecular formula is C30H39N3O3. The van der Waals surface area contributed by atoms with E-state index in [1.54, 1.807) is 4.90 Å². The van der Waals surface area contributed by atoms with Gasteiger partial charge in [-0.05, 0) is 32.4 Å². The lowest BCUT2D eigenvalue weighted by atomic mass is 10.0. The van der Waals surface area contributed by atoms with Gasteiger partial charge >= 0.3 is 0 Å². The van der Waals surface area contributed by atoms with E-state index in [1.165, 1.54) is 30.4 Å². The maximum absolute atomic E-state index is 13.6. The minimum Gasteiger partial charge on any atom is -0.333 e. The number of ketones is 1. The average Bonchev–Trinajstić information content (AvgIpc) is 3.24. The summed E-state index contributed by atoms with van der Waals surface area (Å²) in [7, 11) is 0. The summed E-state index contributed by atoms with van der Waals surface area (Å²) >= 11 is 0. The van der Waals surface area contributed by atoms with Crippen LogP contribution in [0, 0.1) is 0 Å². The molecule has 6 heteroatoms. The van der Waals surface area contributed by atoms with Crippen molar-refractivity contribution in [2.24, 2.45) is 0 Å². The topological polar surface area (TPSA) is 75.2 Å². The van der Waals surface area contributed by atoms with Crippen molar-refractivity contribution in [2.45, 2.75) is 78.2 Å². The first-order chi connectivity index (χ1) is 17.4. The number of carbonyl (C=O) groups is 2. The second kappa shape index (κ2) is 13.6. The van der Waals surface area contributed by atoms with E-state index in [4.69, 9.17) is 0 Å². The highest BCUT2D eigenvalue weighted by atomic mass is 16.2. The number of para-hydroxylation sites is 1. The second-order valence-electron chi connectivity index (χ2n) is 9.61. The van der Waals surface area contributed by atoms with Crippen LogP contribution in [0.3, 0.4) is 0 Å². The van der Waals surface area contributed by atoms with Crippen LogP contribution in [0.4, 0.5) is 0 Å². The normalized spacial score (nSPS) is 11.1. The van der Waals surface area contributed by atoms with E-state index in [-0.39, 0.29) is 29.8 Å². The fourth-order valence-electron chi connectivity index (χ4n) is 4.44. The van der Waals surface area contributed by atoms with Crippen molar-refractivity contribution in [3.8, 4) is 16.9 Å². The zero-order valence-corrected chi connectivity index (χ0v) is 21.8. The van der Waals surface area contributed by atoms with Gasteiger partial charge in [0, 0.05) is 18.0 Å². The van der Waals surface area contributed by atoms with Gasteiger partial charge in [0.15, 0.2) is 5.78 Å². The zero-order chi connectivity index (χ0) is 25.9. The summed E-state index contributed by atoms with van der Waals surface area (Å²) in [4.78, 5) is 41.7. The Morgan fingerprint density at radius 1 is 0.861 bits per heavy atom. The van der Waals surface area contributed by atoms with Crippen LogP contribution in [-0.4, -0.2) is 39.0 Å². The van der Waals surface area contributed by atoms with E-state index in [0.717, 1.165) is 24.8 Å². The Morgan fingerprint density at radius 3 is 2.06 bits per heavy atom. The van der Waals surface area contributed by atoms with Crippen LogP contribution in [0.15, 0.2) is 65.5 Å².